The molecule has 2 N–H and O–H groups in total. The van der Waals surface area contributed by atoms with Crippen LogP contribution in [0.5, 0.6) is 0 Å². The van der Waals surface area contributed by atoms with Crippen LogP contribution < -0.4 is 5.32 Å². The van der Waals surface area contributed by atoms with Gasteiger partial charge >= 0.3 is 0 Å². The fraction of sp³-hybridized carbons (Fsp3) is 0.667. The average Bonchev–Trinajstić information content (AvgIpc) is 2.73. The molecule has 0 saturated heterocycles. The molecule has 1 heterocycles. The van der Waals surface area contributed by atoms with E-state index in [1.807, 2.05) is 6.07 Å². The Morgan fingerprint density at radius 2 is 2.33 bits per heavy atom. The number of hydrogen-bond acceptors (Lipinski definition) is 3. The van der Waals surface area contributed by atoms with Gasteiger partial charge < -0.3 is 14.8 Å². The molecule has 3 nitrogen and oxygen atoms in total. The van der Waals surface area contributed by atoms with E-state index in [1.165, 1.54) is 6.42 Å². The number of aliphatic hydroxyl groups is 1. The van der Waals surface area contributed by atoms with Gasteiger partial charge in [-0.1, -0.05) is 6.92 Å². The maximum Gasteiger partial charge on any atom is 0.117 e. The summed E-state index contributed by atoms with van der Waals surface area (Å²) in [4.78, 5) is 0. The molecule has 15 heavy (non-hydrogen) atoms. The Labute approximate surface area is 90.5 Å². The standard InChI is InChI=1S/C12H19NO2/c1-8-5-11(8)12-4-3-10(15-12)7-13-6-9(2)14/h3-4,8-9,11,13-14H,5-7H2,1-2H3/t8?,9-,11?/m0/s1. The quantitative estimate of drug-likeness (QED) is 0.778. The molecule has 0 aromatic carbocycles. The third kappa shape index (κ3) is 2.83. The Kier molecular flexibility index (Phi) is 3.12. The molecule has 0 aliphatic heterocycles. The van der Waals surface area contributed by atoms with Crippen LogP contribution in [0.1, 0.15) is 37.7 Å². The van der Waals surface area contributed by atoms with Gasteiger partial charge in [0.05, 0.1) is 12.6 Å². The van der Waals surface area contributed by atoms with Crippen LogP contribution in [0, 0.1) is 5.92 Å². The molecule has 3 heteroatoms. The van der Waals surface area contributed by atoms with Gasteiger partial charge in [0.1, 0.15) is 11.5 Å². The van der Waals surface area contributed by atoms with Crippen molar-refractivity contribution in [3.63, 3.8) is 0 Å². The Bertz CT molecular complexity index is 319. The van der Waals surface area contributed by atoms with Crippen LogP contribution in [0.2, 0.25) is 0 Å². The lowest BCUT2D eigenvalue weighted by molar-refractivity contribution is 0.190. The zero-order chi connectivity index (χ0) is 10.8. The third-order valence-corrected chi connectivity index (χ3v) is 2.90. The van der Waals surface area contributed by atoms with Crippen LogP contribution in [0.3, 0.4) is 0 Å². The van der Waals surface area contributed by atoms with Crippen molar-refractivity contribution in [3.05, 3.63) is 23.7 Å². The van der Waals surface area contributed by atoms with Crippen LogP contribution >= 0.6 is 0 Å². The van der Waals surface area contributed by atoms with E-state index < -0.39 is 0 Å². The second-order valence-electron chi connectivity index (χ2n) is 4.60. The van der Waals surface area contributed by atoms with Crippen molar-refractivity contribution in [2.45, 2.75) is 38.8 Å². The molecule has 1 saturated carbocycles. The lowest BCUT2D eigenvalue weighted by Gasteiger charge is -2.04. The van der Waals surface area contributed by atoms with Gasteiger partial charge in [-0.2, -0.15) is 0 Å². The number of aliphatic hydroxyl groups excluding tert-OH is 1. The fourth-order valence-electron chi connectivity index (χ4n) is 1.81. The molecule has 3 atom stereocenters. The molecular weight excluding hydrogens is 190 g/mol. The minimum atomic E-state index is -0.303. The number of hydrogen-bond donors (Lipinski definition) is 2. The highest BCUT2D eigenvalue weighted by atomic mass is 16.3. The van der Waals surface area contributed by atoms with E-state index in [1.54, 1.807) is 6.92 Å². The molecule has 1 aliphatic rings. The number of nitrogens with one attached hydrogen (secondary N) is 1. The largest absolute Gasteiger partial charge is 0.464 e. The summed E-state index contributed by atoms with van der Waals surface area (Å²) in [6.07, 6.45) is 0.955. The summed E-state index contributed by atoms with van der Waals surface area (Å²) in [5.41, 5.74) is 0. The second-order valence-corrected chi connectivity index (χ2v) is 4.60. The van der Waals surface area contributed by atoms with E-state index in [0.717, 1.165) is 17.4 Å². The predicted molar refractivity (Wildman–Crippen MR) is 58.6 cm³/mol. The maximum atomic E-state index is 9.08. The summed E-state index contributed by atoms with van der Waals surface area (Å²) in [7, 11) is 0. The zero-order valence-electron chi connectivity index (χ0n) is 9.36. The highest BCUT2D eigenvalue weighted by Crippen LogP contribution is 2.47. The lowest BCUT2D eigenvalue weighted by atomic mass is 10.3. The first kappa shape index (κ1) is 10.7. The Morgan fingerprint density at radius 3 is 2.93 bits per heavy atom. The molecule has 1 aliphatic carbocycles. The van der Waals surface area contributed by atoms with Crippen molar-refractivity contribution in [2.24, 2.45) is 5.92 Å². The van der Waals surface area contributed by atoms with Crippen LogP contribution in [-0.4, -0.2) is 17.8 Å². The van der Waals surface area contributed by atoms with Crippen molar-refractivity contribution >= 4 is 0 Å². The molecule has 1 aromatic rings. The zero-order valence-corrected chi connectivity index (χ0v) is 9.36. The van der Waals surface area contributed by atoms with E-state index >= 15 is 0 Å². The molecule has 0 spiro atoms. The highest BCUT2D eigenvalue weighted by Gasteiger charge is 2.36. The normalized spacial score (nSPS) is 26.6. The Morgan fingerprint density at radius 1 is 1.60 bits per heavy atom. The predicted octanol–water partition coefficient (Wildman–Crippen LogP) is 1.87. The molecule has 2 unspecified atom stereocenters. The van der Waals surface area contributed by atoms with Gasteiger partial charge in [0.25, 0.3) is 0 Å². The first-order chi connectivity index (χ1) is 7.16. The van der Waals surface area contributed by atoms with Gasteiger partial charge in [0.15, 0.2) is 0 Å². The van der Waals surface area contributed by atoms with E-state index in [4.69, 9.17) is 9.52 Å². The van der Waals surface area contributed by atoms with Gasteiger partial charge in [-0.25, -0.2) is 0 Å². The summed E-state index contributed by atoms with van der Waals surface area (Å²) < 4.78 is 5.72. The van der Waals surface area contributed by atoms with Crippen LogP contribution in [0.25, 0.3) is 0 Å². The fourth-order valence-corrected chi connectivity index (χ4v) is 1.81. The van der Waals surface area contributed by atoms with E-state index in [2.05, 4.69) is 18.3 Å². The number of furan rings is 1. The molecule has 0 bridgehead atoms. The molecule has 0 amide bonds. The Balaban J connectivity index is 1.80. The SMILES string of the molecule is CC1CC1c1ccc(CNC[C@H](C)O)o1. The van der Waals surface area contributed by atoms with Gasteiger partial charge in [0, 0.05) is 12.5 Å². The van der Waals surface area contributed by atoms with Crippen molar-refractivity contribution < 1.29 is 9.52 Å². The Hall–Kier alpha value is -0.800. The van der Waals surface area contributed by atoms with Crippen molar-refractivity contribution in [1.82, 2.24) is 5.32 Å². The third-order valence-electron chi connectivity index (χ3n) is 2.90. The van der Waals surface area contributed by atoms with E-state index in [0.29, 0.717) is 19.0 Å². The first-order valence-corrected chi connectivity index (χ1v) is 5.64. The van der Waals surface area contributed by atoms with Crippen LogP contribution in [0.15, 0.2) is 16.5 Å². The smallest absolute Gasteiger partial charge is 0.117 e. The van der Waals surface area contributed by atoms with Crippen LogP contribution in [-0.2, 0) is 6.54 Å². The maximum absolute atomic E-state index is 9.08. The topological polar surface area (TPSA) is 45.4 Å². The van der Waals surface area contributed by atoms with Crippen molar-refractivity contribution in [2.75, 3.05) is 6.54 Å². The molecular formula is C12H19NO2. The number of rotatable bonds is 5. The summed E-state index contributed by atoms with van der Waals surface area (Å²) in [6, 6.07) is 4.10. The van der Waals surface area contributed by atoms with Crippen LogP contribution in [0.4, 0.5) is 0 Å². The lowest BCUT2D eigenvalue weighted by Crippen LogP contribution is -2.23. The summed E-state index contributed by atoms with van der Waals surface area (Å²) in [5, 5.41) is 12.2. The van der Waals surface area contributed by atoms with Gasteiger partial charge in [-0.15, -0.1) is 0 Å². The molecule has 84 valence electrons. The minimum absolute atomic E-state index is 0.303. The minimum Gasteiger partial charge on any atom is -0.464 e. The summed E-state index contributed by atoms with van der Waals surface area (Å²) in [5.74, 6) is 3.52. The van der Waals surface area contributed by atoms with Crippen molar-refractivity contribution in [1.29, 1.82) is 0 Å². The summed E-state index contributed by atoms with van der Waals surface area (Å²) >= 11 is 0. The van der Waals surface area contributed by atoms with E-state index in [9.17, 15) is 0 Å². The van der Waals surface area contributed by atoms with Gasteiger partial charge in [0.2, 0.25) is 0 Å². The van der Waals surface area contributed by atoms with E-state index in [-0.39, 0.29) is 6.10 Å². The average molecular weight is 209 g/mol. The molecule has 1 fully saturated rings. The monoisotopic (exact) mass is 209 g/mol. The highest BCUT2D eigenvalue weighted by molar-refractivity contribution is 5.17. The second kappa shape index (κ2) is 4.37. The molecule has 1 aromatic heterocycles. The molecule has 0 radical (unpaired) electrons. The van der Waals surface area contributed by atoms with Crippen molar-refractivity contribution in [3.8, 4) is 0 Å². The molecule has 2 rings (SSSR count). The first-order valence-electron chi connectivity index (χ1n) is 5.64. The van der Waals surface area contributed by atoms with Gasteiger partial charge in [-0.3, -0.25) is 0 Å². The summed E-state index contributed by atoms with van der Waals surface area (Å²) in [6.45, 7) is 5.33. The van der Waals surface area contributed by atoms with Gasteiger partial charge in [-0.05, 0) is 31.4 Å².